The molecule has 0 radical (unpaired) electrons. The molecule has 22 heavy (non-hydrogen) atoms. The number of carbonyl (C=O) groups excluding carboxylic acids is 2. The monoisotopic (exact) mass is 378 g/mol. The van der Waals surface area contributed by atoms with E-state index in [1.165, 1.54) is 6.08 Å². The standard InChI is InChI=1S/C17H12BrClO3/c18-14-7-3-1-5-12(14)9-10-17(21)22-11-16(20)13-6-2-4-8-15(13)19/h1-10H,11H2/b10-9+. The van der Waals surface area contributed by atoms with Gasteiger partial charge in [0, 0.05) is 16.1 Å². The van der Waals surface area contributed by atoms with E-state index in [0.717, 1.165) is 10.0 Å². The zero-order valence-corrected chi connectivity index (χ0v) is 13.8. The first kappa shape index (κ1) is 16.5. The summed E-state index contributed by atoms with van der Waals surface area (Å²) >= 11 is 9.29. The Hall–Kier alpha value is -1.91. The molecule has 3 nitrogen and oxygen atoms in total. The van der Waals surface area contributed by atoms with Gasteiger partial charge in [-0.05, 0) is 29.8 Å². The van der Waals surface area contributed by atoms with Crippen LogP contribution in [0.4, 0.5) is 0 Å². The van der Waals surface area contributed by atoms with E-state index in [1.54, 1.807) is 30.3 Å². The first-order valence-corrected chi connectivity index (χ1v) is 7.62. The molecule has 0 heterocycles. The van der Waals surface area contributed by atoms with Crippen LogP contribution in [-0.2, 0) is 9.53 Å². The molecular formula is C17H12BrClO3. The Morgan fingerprint density at radius 2 is 1.77 bits per heavy atom. The van der Waals surface area contributed by atoms with Crippen molar-refractivity contribution >= 4 is 45.4 Å². The van der Waals surface area contributed by atoms with Crippen LogP contribution in [0.3, 0.4) is 0 Å². The molecule has 0 spiro atoms. The molecule has 112 valence electrons. The van der Waals surface area contributed by atoms with Gasteiger partial charge in [-0.2, -0.15) is 0 Å². The molecule has 2 aromatic carbocycles. The van der Waals surface area contributed by atoms with Crippen LogP contribution in [0.5, 0.6) is 0 Å². The first-order valence-electron chi connectivity index (χ1n) is 6.45. The fourth-order valence-electron chi connectivity index (χ4n) is 1.72. The number of ketones is 1. The highest BCUT2D eigenvalue weighted by atomic mass is 79.9. The van der Waals surface area contributed by atoms with E-state index in [9.17, 15) is 9.59 Å². The molecule has 0 atom stereocenters. The minimum Gasteiger partial charge on any atom is -0.454 e. The Morgan fingerprint density at radius 3 is 2.50 bits per heavy atom. The fourth-order valence-corrected chi connectivity index (χ4v) is 2.38. The fraction of sp³-hybridized carbons (Fsp3) is 0.0588. The largest absolute Gasteiger partial charge is 0.454 e. The Morgan fingerprint density at radius 1 is 1.09 bits per heavy atom. The van der Waals surface area contributed by atoms with Crippen LogP contribution in [-0.4, -0.2) is 18.4 Å². The number of hydrogen-bond donors (Lipinski definition) is 0. The van der Waals surface area contributed by atoms with Crippen LogP contribution in [0.2, 0.25) is 5.02 Å². The molecule has 2 rings (SSSR count). The number of esters is 1. The van der Waals surface area contributed by atoms with Gasteiger partial charge in [-0.1, -0.05) is 57.9 Å². The highest BCUT2D eigenvalue weighted by Gasteiger charge is 2.11. The van der Waals surface area contributed by atoms with Crippen molar-refractivity contribution < 1.29 is 14.3 Å². The van der Waals surface area contributed by atoms with Gasteiger partial charge in [0.2, 0.25) is 5.78 Å². The molecule has 0 saturated carbocycles. The van der Waals surface area contributed by atoms with Crippen LogP contribution in [0, 0.1) is 0 Å². The Kier molecular flexibility index (Phi) is 5.92. The van der Waals surface area contributed by atoms with Gasteiger partial charge in [-0.25, -0.2) is 4.79 Å². The zero-order chi connectivity index (χ0) is 15.9. The average Bonchev–Trinajstić information content (AvgIpc) is 2.52. The number of hydrogen-bond acceptors (Lipinski definition) is 3. The van der Waals surface area contributed by atoms with Crippen molar-refractivity contribution in [1.29, 1.82) is 0 Å². The lowest BCUT2D eigenvalue weighted by Crippen LogP contribution is -2.12. The summed E-state index contributed by atoms with van der Waals surface area (Å²) in [5, 5.41) is 0.340. The lowest BCUT2D eigenvalue weighted by Gasteiger charge is -2.03. The summed E-state index contributed by atoms with van der Waals surface area (Å²) in [7, 11) is 0. The van der Waals surface area contributed by atoms with E-state index in [1.807, 2.05) is 24.3 Å². The third kappa shape index (κ3) is 4.55. The van der Waals surface area contributed by atoms with Crippen molar-refractivity contribution in [1.82, 2.24) is 0 Å². The van der Waals surface area contributed by atoms with Gasteiger partial charge in [-0.3, -0.25) is 4.79 Å². The molecule has 0 unspecified atom stereocenters. The van der Waals surface area contributed by atoms with Gasteiger partial charge in [-0.15, -0.1) is 0 Å². The minimum absolute atomic E-state index is 0.340. The van der Waals surface area contributed by atoms with Gasteiger partial charge in [0.25, 0.3) is 0 Å². The molecule has 0 amide bonds. The highest BCUT2D eigenvalue weighted by Crippen LogP contribution is 2.17. The number of Topliss-reactive ketones (excluding diaryl/α,β-unsaturated/α-hetero) is 1. The molecule has 2 aromatic rings. The van der Waals surface area contributed by atoms with Crippen molar-refractivity contribution in [2.24, 2.45) is 0 Å². The molecule has 0 aliphatic carbocycles. The van der Waals surface area contributed by atoms with Crippen LogP contribution >= 0.6 is 27.5 Å². The van der Waals surface area contributed by atoms with Crippen LogP contribution in [0.25, 0.3) is 6.08 Å². The second-order valence-electron chi connectivity index (χ2n) is 4.37. The molecule has 0 bridgehead atoms. The van der Waals surface area contributed by atoms with E-state index in [4.69, 9.17) is 16.3 Å². The summed E-state index contributed by atoms with van der Waals surface area (Å²) < 4.78 is 5.79. The van der Waals surface area contributed by atoms with Gasteiger partial charge in [0.05, 0.1) is 5.02 Å². The minimum atomic E-state index is -0.587. The first-order chi connectivity index (χ1) is 10.6. The van der Waals surface area contributed by atoms with E-state index in [0.29, 0.717) is 10.6 Å². The molecule has 5 heteroatoms. The quantitative estimate of drug-likeness (QED) is 0.435. The molecule has 0 aliphatic rings. The number of benzene rings is 2. The maximum absolute atomic E-state index is 11.9. The number of ether oxygens (including phenoxy) is 1. The summed E-state index contributed by atoms with van der Waals surface area (Å²) in [6.07, 6.45) is 2.90. The third-order valence-corrected chi connectivity index (χ3v) is 3.88. The normalized spacial score (nSPS) is 10.6. The van der Waals surface area contributed by atoms with E-state index >= 15 is 0 Å². The van der Waals surface area contributed by atoms with Crippen LogP contribution in [0.15, 0.2) is 59.1 Å². The van der Waals surface area contributed by atoms with E-state index in [2.05, 4.69) is 15.9 Å². The van der Waals surface area contributed by atoms with Crippen LogP contribution < -0.4 is 0 Å². The van der Waals surface area contributed by atoms with E-state index < -0.39 is 5.97 Å². The van der Waals surface area contributed by atoms with Crippen molar-refractivity contribution in [2.75, 3.05) is 6.61 Å². The number of carbonyl (C=O) groups is 2. The maximum Gasteiger partial charge on any atom is 0.331 e. The molecule has 0 aromatic heterocycles. The molecular weight excluding hydrogens is 368 g/mol. The SMILES string of the molecule is O=C(/C=C/c1ccccc1Br)OCC(=O)c1ccccc1Cl. The second-order valence-corrected chi connectivity index (χ2v) is 5.63. The maximum atomic E-state index is 11.9. The van der Waals surface area contributed by atoms with Gasteiger partial charge in [0.1, 0.15) is 0 Å². The molecule has 0 N–H and O–H groups in total. The van der Waals surface area contributed by atoms with E-state index in [-0.39, 0.29) is 12.4 Å². The topological polar surface area (TPSA) is 43.4 Å². The molecule has 0 saturated heterocycles. The lowest BCUT2D eigenvalue weighted by atomic mass is 10.1. The molecule has 0 fully saturated rings. The smallest absolute Gasteiger partial charge is 0.331 e. The third-order valence-electron chi connectivity index (χ3n) is 2.82. The van der Waals surface area contributed by atoms with Gasteiger partial charge < -0.3 is 4.74 Å². The van der Waals surface area contributed by atoms with Gasteiger partial charge in [0.15, 0.2) is 6.61 Å². The summed E-state index contributed by atoms with van der Waals surface area (Å²) in [5.41, 5.74) is 1.18. The Balaban J connectivity index is 1.92. The van der Waals surface area contributed by atoms with Crippen molar-refractivity contribution in [3.8, 4) is 0 Å². The number of rotatable bonds is 5. The number of halogens is 2. The summed E-state index contributed by atoms with van der Waals surface area (Å²) in [4.78, 5) is 23.5. The van der Waals surface area contributed by atoms with Crippen LogP contribution in [0.1, 0.15) is 15.9 Å². The van der Waals surface area contributed by atoms with Crippen molar-refractivity contribution in [2.45, 2.75) is 0 Å². The van der Waals surface area contributed by atoms with Crippen molar-refractivity contribution in [3.05, 3.63) is 75.2 Å². The summed E-state index contributed by atoms with van der Waals surface area (Å²) in [6.45, 7) is -0.344. The lowest BCUT2D eigenvalue weighted by molar-refractivity contribution is -0.136. The average molecular weight is 380 g/mol. The predicted molar refractivity (Wildman–Crippen MR) is 89.9 cm³/mol. The predicted octanol–water partition coefficient (Wildman–Crippen LogP) is 4.54. The zero-order valence-electron chi connectivity index (χ0n) is 11.5. The molecule has 0 aliphatic heterocycles. The summed E-state index contributed by atoms with van der Waals surface area (Å²) in [5.74, 6) is -0.926. The Bertz CT molecular complexity index is 725. The van der Waals surface area contributed by atoms with Gasteiger partial charge >= 0.3 is 5.97 Å². The highest BCUT2D eigenvalue weighted by molar-refractivity contribution is 9.10. The summed E-state index contributed by atoms with van der Waals surface area (Å²) in [6, 6.07) is 14.1. The van der Waals surface area contributed by atoms with Crippen molar-refractivity contribution in [3.63, 3.8) is 0 Å². The Labute approximate surface area is 141 Å². The second kappa shape index (κ2) is 7.92.